The second-order valence-electron chi connectivity index (χ2n) is 3.31. The molecule has 98 valence electrons. The topological polar surface area (TPSA) is 117 Å². The van der Waals surface area contributed by atoms with Crippen molar-refractivity contribution < 1.29 is 14.3 Å². The molecule has 9 heteroatoms. The first-order valence-electron chi connectivity index (χ1n) is 5.04. The maximum atomic E-state index is 11.4. The average Bonchev–Trinajstić information content (AvgIpc) is 2.34. The quantitative estimate of drug-likeness (QED) is 0.470. The van der Waals surface area contributed by atoms with Crippen LogP contribution in [0.1, 0.15) is 12.1 Å². The average molecular weight is 272 g/mol. The van der Waals surface area contributed by atoms with Gasteiger partial charge in [-0.25, -0.2) is 0 Å². The van der Waals surface area contributed by atoms with Gasteiger partial charge in [-0.05, 0) is 12.2 Å². The number of H-pyrrole nitrogens is 2. The Morgan fingerprint density at radius 2 is 2.22 bits per heavy atom. The van der Waals surface area contributed by atoms with Crippen molar-refractivity contribution >= 4 is 24.1 Å². The van der Waals surface area contributed by atoms with Crippen LogP contribution in [-0.2, 0) is 20.7 Å². The number of rotatable bonds is 5. The lowest BCUT2D eigenvalue weighted by Gasteiger charge is -2.02. The number of amides is 1. The normalized spacial score (nSPS) is 9.83. The van der Waals surface area contributed by atoms with Crippen LogP contribution >= 0.6 is 12.2 Å². The Labute approximate surface area is 107 Å². The summed E-state index contributed by atoms with van der Waals surface area (Å²) in [6, 6.07) is 0. The zero-order chi connectivity index (χ0) is 13.5. The van der Waals surface area contributed by atoms with E-state index in [1.807, 2.05) is 0 Å². The van der Waals surface area contributed by atoms with E-state index < -0.39 is 11.5 Å². The Morgan fingerprint density at radius 3 is 2.83 bits per heavy atom. The molecule has 0 spiro atoms. The molecule has 0 atom stereocenters. The number of aromatic amines is 2. The number of carbonyl (C=O) groups excluding carboxylic acids is 2. The minimum Gasteiger partial charge on any atom is -0.468 e. The number of nitrogens with one attached hydrogen (secondary N) is 3. The highest BCUT2D eigenvalue weighted by Gasteiger charge is 2.08. The molecule has 0 aromatic carbocycles. The predicted molar refractivity (Wildman–Crippen MR) is 63.4 cm³/mol. The predicted octanol–water partition coefficient (Wildman–Crippen LogP) is -0.951. The second-order valence-corrected chi connectivity index (χ2v) is 3.71. The standard InChI is InChI=1S/C9H12N4O4S/c1-17-7(15)4-10-6(14)3-2-5-8(16)11-9(18)13-12-5/h2-4H2,1H3,(H,10,14)(H2,11,13,16,18). The van der Waals surface area contributed by atoms with Gasteiger partial charge in [0.05, 0.1) is 7.11 Å². The Morgan fingerprint density at radius 1 is 1.50 bits per heavy atom. The molecule has 0 fully saturated rings. The number of hydrogen-bond acceptors (Lipinski definition) is 6. The second kappa shape index (κ2) is 6.64. The Kier molecular flexibility index (Phi) is 5.18. The highest BCUT2D eigenvalue weighted by molar-refractivity contribution is 7.71. The lowest BCUT2D eigenvalue weighted by molar-refractivity contribution is -0.141. The third-order valence-corrected chi connectivity index (χ3v) is 2.22. The van der Waals surface area contributed by atoms with Gasteiger partial charge in [-0.2, -0.15) is 5.10 Å². The summed E-state index contributed by atoms with van der Waals surface area (Å²) in [5.74, 6) is -0.910. The zero-order valence-electron chi connectivity index (χ0n) is 9.61. The van der Waals surface area contributed by atoms with Crippen LogP contribution in [0.3, 0.4) is 0 Å². The van der Waals surface area contributed by atoms with Gasteiger partial charge in [-0.3, -0.25) is 24.5 Å². The molecule has 0 bridgehead atoms. The van der Waals surface area contributed by atoms with Crippen molar-refractivity contribution in [3.8, 4) is 0 Å². The van der Waals surface area contributed by atoms with Crippen LogP contribution < -0.4 is 10.9 Å². The summed E-state index contributed by atoms with van der Waals surface area (Å²) in [6.45, 7) is -0.198. The van der Waals surface area contributed by atoms with Crippen LogP contribution in [0.15, 0.2) is 4.79 Å². The van der Waals surface area contributed by atoms with Crippen LogP contribution in [0.4, 0.5) is 0 Å². The summed E-state index contributed by atoms with van der Waals surface area (Å²) in [7, 11) is 1.23. The summed E-state index contributed by atoms with van der Waals surface area (Å²) in [4.78, 5) is 35.8. The summed E-state index contributed by atoms with van der Waals surface area (Å²) < 4.78 is 4.48. The molecule has 0 radical (unpaired) electrons. The van der Waals surface area contributed by atoms with Gasteiger partial charge in [0.25, 0.3) is 5.56 Å². The minimum absolute atomic E-state index is 0.0394. The fraction of sp³-hybridized carbons (Fsp3) is 0.444. The van der Waals surface area contributed by atoms with Gasteiger partial charge in [0.15, 0.2) is 4.77 Å². The molecule has 1 amide bonds. The summed E-state index contributed by atoms with van der Waals surface area (Å²) in [5.41, 5.74) is -0.253. The molecule has 8 nitrogen and oxygen atoms in total. The molecule has 0 aliphatic heterocycles. The van der Waals surface area contributed by atoms with E-state index in [1.54, 1.807) is 0 Å². The van der Waals surface area contributed by atoms with Crippen molar-refractivity contribution in [1.82, 2.24) is 20.5 Å². The van der Waals surface area contributed by atoms with E-state index in [0.717, 1.165) is 0 Å². The monoisotopic (exact) mass is 272 g/mol. The lowest BCUT2D eigenvalue weighted by Crippen LogP contribution is -2.30. The van der Waals surface area contributed by atoms with Crippen molar-refractivity contribution in [3.63, 3.8) is 0 Å². The maximum Gasteiger partial charge on any atom is 0.325 e. The van der Waals surface area contributed by atoms with E-state index in [0.29, 0.717) is 0 Å². The van der Waals surface area contributed by atoms with Gasteiger partial charge in [-0.1, -0.05) is 0 Å². The SMILES string of the molecule is COC(=O)CNC(=O)CCc1n[nH]c(=S)[nH]c1=O. The molecular weight excluding hydrogens is 260 g/mol. The summed E-state index contributed by atoms with van der Waals surface area (Å²) in [5, 5.41) is 8.49. The molecule has 1 aromatic rings. The summed E-state index contributed by atoms with van der Waals surface area (Å²) in [6.07, 6.45) is 0.187. The van der Waals surface area contributed by atoms with E-state index in [1.165, 1.54) is 7.11 Å². The van der Waals surface area contributed by atoms with Gasteiger partial charge in [0.1, 0.15) is 12.2 Å². The summed E-state index contributed by atoms with van der Waals surface area (Å²) >= 11 is 4.67. The van der Waals surface area contributed by atoms with Crippen molar-refractivity contribution in [1.29, 1.82) is 0 Å². The Balaban J connectivity index is 2.45. The number of methoxy groups -OCH3 is 1. The van der Waals surface area contributed by atoms with Gasteiger partial charge in [-0.15, -0.1) is 0 Å². The molecule has 0 saturated heterocycles. The van der Waals surface area contributed by atoms with Crippen molar-refractivity contribution in [2.24, 2.45) is 0 Å². The number of hydrogen-bond donors (Lipinski definition) is 3. The third-order valence-electron chi connectivity index (χ3n) is 2.03. The Hall–Kier alpha value is -2.03. The van der Waals surface area contributed by atoms with Gasteiger partial charge in [0.2, 0.25) is 5.91 Å². The number of carbonyl (C=O) groups is 2. The molecule has 1 heterocycles. The lowest BCUT2D eigenvalue weighted by atomic mass is 10.2. The number of aromatic nitrogens is 3. The fourth-order valence-corrected chi connectivity index (χ4v) is 1.24. The number of nitrogens with zero attached hydrogens (tertiary/aromatic N) is 1. The molecule has 18 heavy (non-hydrogen) atoms. The molecule has 0 unspecified atom stereocenters. The van der Waals surface area contributed by atoms with Gasteiger partial charge < -0.3 is 10.1 Å². The van der Waals surface area contributed by atoms with Crippen LogP contribution in [-0.4, -0.2) is 40.7 Å². The fourth-order valence-electron chi connectivity index (χ4n) is 1.10. The van der Waals surface area contributed by atoms with Crippen LogP contribution in [0.2, 0.25) is 0 Å². The van der Waals surface area contributed by atoms with Crippen LogP contribution in [0.25, 0.3) is 0 Å². The van der Waals surface area contributed by atoms with Crippen molar-refractivity contribution in [2.75, 3.05) is 13.7 Å². The molecule has 0 aliphatic carbocycles. The van der Waals surface area contributed by atoms with Crippen molar-refractivity contribution in [2.45, 2.75) is 12.8 Å². The van der Waals surface area contributed by atoms with E-state index in [2.05, 4.69) is 37.5 Å². The first-order chi connectivity index (χ1) is 8.52. The highest BCUT2D eigenvalue weighted by Crippen LogP contribution is 1.91. The van der Waals surface area contributed by atoms with Crippen LogP contribution in [0, 0.1) is 4.77 Å². The number of aryl methyl sites for hydroxylation is 1. The molecule has 0 aliphatic rings. The van der Waals surface area contributed by atoms with Crippen molar-refractivity contribution in [3.05, 3.63) is 20.8 Å². The van der Waals surface area contributed by atoms with Gasteiger partial charge >= 0.3 is 5.97 Å². The molecular formula is C9H12N4O4S. The third kappa shape index (κ3) is 4.45. The minimum atomic E-state index is -0.539. The van der Waals surface area contributed by atoms with E-state index in [9.17, 15) is 14.4 Å². The zero-order valence-corrected chi connectivity index (χ0v) is 10.4. The molecule has 3 N–H and O–H groups in total. The number of esters is 1. The van der Waals surface area contributed by atoms with E-state index >= 15 is 0 Å². The maximum absolute atomic E-state index is 11.4. The molecule has 1 aromatic heterocycles. The smallest absolute Gasteiger partial charge is 0.325 e. The Bertz CT molecular complexity index is 550. The molecule has 1 rings (SSSR count). The van der Waals surface area contributed by atoms with E-state index in [4.69, 9.17) is 0 Å². The largest absolute Gasteiger partial charge is 0.468 e. The highest BCUT2D eigenvalue weighted by atomic mass is 32.1. The molecule has 0 saturated carbocycles. The first-order valence-corrected chi connectivity index (χ1v) is 5.45. The first kappa shape index (κ1) is 14.0. The van der Waals surface area contributed by atoms with E-state index in [-0.39, 0.29) is 35.8 Å². The van der Waals surface area contributed by atoms with Crippen LogP contribution in [0.5, 0.6) is 0 Å². The van der Waals surface area contributed by atoms with Gasteiger partial charge in [0, 0.05) is 12.8 Å². The number of ether oxygens (including phenoxy) is 1.